The topological polar surface area (TPSA) is 91.4 Å². The number of anilines is 1. The lowest BCUT2D eigenvalue weighted by atomic mass is 10.2. The minimum absolute atomic E-state index is 0.113. The molecule has 158 valence electrons. The highest BCUT2D eigenvalue weighted by atomic mass is 32.2. The van der Waals surface area contributed by atoms with E-state index in [9.17, 15) is 4.79 Å². The molecule has 1 aliphatic rings. The highest BCUT2D eigenvalue weighted by Crippen LogP contribution is 2.29. The Morgan fingerprint density at radius 3 is 2.80 bits per heavy atom. The summed E-state index contributed by atoms with van der Waals surface area (Å²) >= 11 is 1.36. The summed E-state index contributed by atoms with van der Waals surface area (Å²) in [5.41, 5.74) is 1.62. The molecule has 0 spiro atoms. The SMILES string of the molecule is COc1ccc(NC(=O)CSc2nnc(-c3ccoc3C)n2C[C@@H]2CCCO2)cc1. The van der Waals surface area contributed by atoms with Gasteiger partial charge in [0.2, 0.25) is 5.91 Å². The molecule has 1 amide bonds. The van der Waals surface area contributed by atoms with Crippen molar-refractivity contribution < 1.29 is 18.7 Å². The molecule has 30 heavy (non-hydrogen) atoms. The minimum atomic E-state index is -0.113. The molecular formula is C21H24N4O4S. The van der Waals surface area contributed by atoms with Crippen molar-refractivity contribution in [2.75, 3.05) is 24.8 Å². The maximum atomic E-state index is 12.4. The number of rotatable bonds is 8. The number of nitrogens with one attached hydrogen (secondary N) is 1. The molecule has 2 aromatic heterocycles. The Morgan fingerprint density at radius 2 is 2.13 bits per heavy atom. The number of hydrogen-bond donors (Lipinski definition) is 1. The Labute approximate surface area is 179 Å². The van der Waals surface area contributed by atoms with Crippen LogP contribution < -0.4 is 10.1 Å². The number of furan rings is 1. The zero-order valence-corrected chi connectivity index (χ0v) is 17.8. The van der Waals surface area contributed by atoms with E-state index in [-0.39, 0.29) is 17.8 Å². The minimum Gasteiger partial charge on any atom is -0.497 e. The van der Waals surface area contributed by atoms with Crippen LogP contribution in [0.1, 0.15) is 18.6 Å². The molecule has 9 heteroatoms. The van der Waals surface area contributed by atoms with Crippen molar-refractivity contribution in [2.45, 2.75) is 37.6 Å². The highest BCUT2D eigenvalue weighted by molar-refractivity contribution is 7.99. The fourth-order valence-electron chi connectivity index (χ4n) is 3.37. The van der Waals surface area contributed by atoms with Gasteiger partial charge in [0, 0.05) is 12.3 Å². The van der Waals surface area contributed by atoms with Crippen LogP contribution >= 0.6 is 11.8 Å². The van der Waals surface area contributed by atoms with E-state index < -0.39 is 0 Å². The molecule has 1 atom stereocenters. The summed E-state index contributed by atoms with van der Waals surface area (Å²) in [6.07, 6.45) is 3.83. The molecule has 1 fully saturated rings. The first-order valence-corrected chi connectivity index (χ1v) is 10.8. The number of aryl methyl sites for hydroxylation is 1. The predicted molar refractivity (Wildman–Crippen MR) is 114 cm³/mol. The quantitative estimate of drug-likeness (QED) is 0.546. The number of nitrogens with zero attached hydrogens (tertiary/aromatic N) is 3. The lowest BCUT2D eigenvalue weighted by Gasteiger charge is -2.14. The van der Waals surface area contributed by atoms with Crippen molar-refractivity contribution in [3.8, 4) is 17.1 Å². The molecule has 1 aliphatic heterocycles. The zero-order chi connectivity index (χ0) is 20.9. The van der Waals surface area contributed by atoms with Gasteiger partial charge < -0.3 is 19.2 Å². The monoisotopic (exact) mass is 428 g/mol. The van der Waals surface area contributed by atoms with Crippen molar-refractivity contribution in [2.24, 2.45) is 0 Å². The van der Waals surface area contributed by atoms with Crippen LogP contribution in [0.4, 0.5) is 5.69 Å². The molecule has 0 radical (unpaired) electrons. The molecule has 8 nitrogen and oxygen atoms in total. The molecule has 1 saturated heterocycles. The van der Waals surface area contributed by atoms with Gasteiger partial charge in [0.15, 0.2) is 11.0 Å². The number of carbonyl (C=O) groups is 1. The number of thioether (sulfide) groups is 1. The van der Waals surface area contributed by atoms with Crippen molar-refractivity contribution >= 4 is 23.4 Å². The maximum Gasteiger partial charge on any atom is 0.234 e. The normalized spacial score (nSPS) is 16.0. The van der Waals surface area contributed by atoms with Gasteiger partial charge in [-0.3, -0.25) is 9.36 Å². The second-order valence-electron chi connectivity index (χ2n) is 7.01. The third kappa shape index (κ3) is 4.68. The Morgan fingerprint density at radius 1 is 1.30 bits per heavy atom. The van der Waals surface area contributed by atoms with E-state index >= 15 is 0 Å². The largest absolute Gasteiger partial charge is 0.497 e. The van der Waals surface area contributed by atoms with Crippen LogP contribution in [0, 0.1) is 6.92 Å². The molecule has 0 bridgehead atoms. The summed E-state index contributed by atoms with van der Waals surface area (Å²) in [5.74, 6) is 2.37. The van der Waals surface area contributed by atoms with Crippen LogP contribution in [0.5, 0.6) is 5.75 Å². The summed E-state index contributed by atoms with van der Waals surface area (Å²) < 4.78 is 18.4. The molecule has 3 aromatic rings. The van der Waals surface area contributed by atoms with Gasteiger partial charge in [0.25, 0.3) is 0 Å². The van der Waals surface area contributed by atoms with E-state index in [2.05, 4.69) is 15.5 Å². The second-order valence-corrected chi connectivity index (χ2v) is 7.95. The molecule has 0 saturated carbocycles. The van der Waals surface area contributed by atoms with Gasteiger partial charge in [-0.25, -0.2) is 0 Å². The molecule has 1 aromatic carbocycles. The van der Waals surface area contributed by atoms with Crippen LogP contribution in [0.15, 0.2) is 46.2 Å². The number of amides is 1. The average Bonchev–Trinajstić information content (AvgIpc) is 3.49. The third-order valence-corrected chi connectivity index (χ3v) is 5.90. The third-order valence-electron chi connectivity index (χ3n) is 4.93. The van der Waals surface area contributed by atoms with Crippen molar-refractivity contribution in [3.63, 3.8) is 0 Å². The summed E-state index contributed by atoms with van der Waals surface area (Å²) in [7, 11) is 1.61. The fourth-order valence-corrected chi connectivity index (χ4v) is 4.12. The molecular weight excluding hydrogens is 404 g/mol. The van der Waals surface area contributed by atoms with Gasteiger partial charge in [-0.2, -0.15) is 0 Å². The first-order valence-electron chi connectivity index (χ1n) is 9.80. The summed E-state index contributed by atoms with van der Waals surface area (Å²) in [6.45, 7) is 3.32. The second kappa shape index (κ2) is 9.36. The van der Waals surface area contributed by atoms with E-state index in [1.165, 1.54) is 11.8 Å². The van der Waals surface area contributed by atoms with Crippen LogP contribution in [-0.2, 0) is 16.1 Å². The van der Waals surface area contributed by atoms with E-state index in [0.717, 1.165) is 48.0 Å². The van der Waals surface area contributed by atoms with Gasteiger partial charge >= 0.3 is 0 Å². The van der Waals surface area contributed by atoms with Crippen LogP contribution in [0.3, 0.4) is 0 Å². The van der Waals surface area contributed by atoms with E-state index in [4.69, 9.17) is 13.9 Å². The van der Waals surface area contributed by atoms with Gasteiger partial charge in [0.05, 0.1) is 37.3 Å². The van der Waals surface area contributed by atoms with Crippen molar-refractivity contribution in [1.29, 1.82) is 0 Å². The van der Waals surface area contributed by atoms with Crippen LogP contribution in [0.2, 0.25) is 0 Å². The van der Waals surface area contributed by atoms with E-state index in [0.29, 0.717) is 11.7 Å². The molecule has 3 heterocycles. The molecule has 1 N–H and O–H groups in total. The number of carbonyl (C=O) groups excluding carboxylic acids is 1. The fraction of sp³-hybridized carbons (Fsp3) is 0.381. The van der Waals surface area contributed by atoms with E-state index in [1.807, 2.05) is 17.6 Å². The number of benzene rings is 1. The smallest absolute Gasteiger partial charge is 0.234 e. The average molecular weight is 429 g/mol. The number of aromatic nitrogens is 3. The zero-order valence-electron chi connectivity index (χ0n) is 17.0. The van der Waals surface area contributed by atoms with Gasteiger partial charge in [0.1, 0.15) is 11.5 Å². The lowest BCUT2D eigenvalue weighted by molar-refractivity contribution is -0.113. The summed E-state index contributed by atoms with van der Waals surface area (Å²) in [4.78, 5) is 12.4. The number of ether oxygens (including phenoxy) is 2. The highest BCUT2D eigenvalue weighted by Gasteiger charge is 2.23. The Kier molecular flexibility index (Phi) is 6.39. The predicted octanol–water partition coefficient (Wildman–Crippen LogP) is 3.76. The number of hydrogen-bond acceptors (Lipinski definition) is 7. The van der Waals surface area contributed by atoms with Gasteiger partial charge in [-0.05, 0) is 50.1 Å². The number of methoxy groups -OCH3 is 1. The Hall–Kier alpha value is -2.78. The molecule has 0 unspecified atom stereocenters. The Balaban J connectivity index is 1.46. The Bertz CT molecular complexity index is 993. The summed E-state index contributed by atoms with van der Waals surface area (Å²) in [6, 6.07) is 9.11. The summed E-state index contributed by atoms with van der Waals surface area (Å²) in [5, 5.41) is 12.3. The molecule has 0 aliphatic carbocycles. The van der Waals surface area contributed by atoms with Crippen molar-refractivity contribution in [1.82, 2.24) is 14.8 Å². The van der Waals surface area contributed by atoms with Crippen molar-refractivity contribution in [3.05, 3.63) is 42.4 Å². The van der Waals surface area contributed by atoms with E-state index in [1.54, 1.807) is 37.6 Å². The first-order chi connectivity index (χ1) is 14.6. The first kappa shape index (κ1) is 20.5. The molecule has 4 rings (SSSR count). The van der Waals surface area contributed by atoms with Gasteiger partial charge in [-0.1, -0.05) is 11.8 Å². The maximum absolute atomic E-state index is 12.4. The van der Waals surface area contributed by atoms with Gasteiger partial charge in [-0.15, -0.1) is 10.2 Å². The van der Waals surface area contributed by atoms with Crippen LogP contribution in [-0.4, -0.2) is 46.2 Å². The van der Waals surface area contributed by atoms with Crippen LogP contribution in [0.25, 0.3) is 11.4 Å². The lowest BCUT2D eigenvalue weighted by Crippen LogP contribution is -2.18. The standard InChI is InChI=1S/C21H24N4O4S/c1-14-18(9-11-28-14)20-23-24-21(25(20)12-17-4-3-10-29-17)30-13-19(26)22-15-5-7-16(27-2)8-6-15/h5-9,11,17H,3-4,10,12-13H2,1-2H3,(H,22,26)/t17-/m0/s1.